The van der Waals surface area contributed by atoms with Gasteiger partial charge in [-0.1, -0.05) is 37.3 Å². The van der Waals surface area contributed by atoms with Crippen LogP contribution in [0.2, 0.25) is 0 Å². The second-order valence-corrected chi connectivity index (χ2v) is 6.40. The Kier molecular flexibility index (Phi) is 3.43. The zero-order valence-electron chi connectivity index (χ0n) is 11.5. The first-order chi connectivity index (χ1) is 8.80. The summed E-state index contributed by atoms with van der Waals surface area (Å²) in [4.78, 5) is 0. The number of rotatable bonds is 1. The topological polar surface area (TPSA) is 12.0 Å². The molecular formula is C17H25N. The summed E-state index contributed by atoms with van der Waals surface area (Å²) < 4.78 is 0. The zero-order valence-corrected chi connectivity index (χ0v) is 11.5. The van der Waals surface area contributed by atoms with Crippen molar-refractivity contribution in [3.05, 3.63) is 35.9 Å². The van der Waals surface area contributed by atoms with Gasteiger partial charge in [-0.05, 0) is 68.0 Å². The molecule has 1 aromatic rings. The Morgan fingerprint density at radius 1 is 1.06 bits per heavy atom. The molecular weight excluding hydrogens is 218 g/mol. The predicted octanol–water partition coefficient (Wildman–Crippen LogP) is 3.96. The molecule has 1 aromatic carbocycles. The predicted molar refractivity (Wildman–Crippen MR) is 76.7 cm³/mol. The molecule has 3 rings (SSSR count). The third-order valence-corrected chi connectivity index (χ3v) is 5.55. The highest BCUT2D eigenvalue weighted by Crippen LogP contribution is 2.50. The maximum atomic E-state index is 3.55. The largest absolute Gasteiger partial charge is 0.316 e. The van der Waals surface area contributed by atoms with Gasteiger partial charge in [0.1, 0.15) is 0 Å². The molecule has 18 heavy (non-hydrogen) atoms. The van der Waals surface area contributed by atoms with Crippen LogP contribution in [0.25, 0.3) is 0 Å². The Bertz CT molecular complexity index is 376. The van der Waals surface area contributed by atoms with E-state index in [1.165, 1.54) is 45.2 Å². The van der Waals surface area contributed by atoms with Crippen LogP contribution in [0.3, 0.4) is 0 Å². The minimum atomic E-state index is 0.663. The van der Waals surface area contributed by atoms with Gasteiger partial charge in [-0.3, -0.25) is 0 Å². The maximum absolute atomic E-state index is 3.55. The van der Waals surface area contributed by atoms with Crippen molar-refractivity contribution < 1.29 is 0 Å². The molecule has 1 heterocycles. The van der Waals surface area contributed by atoms with Gasteiger partial charge in [0.25, 0.3) is 0 Å². The Morgan fingerprint density at radius 3 is 2.44 bits per heavy atom. The highest BCUT2D eigenvalue weighted by atomic mass is 14.9. The van der Waals surface area contributed by atoms with E-state index in [9.17, 15) is 0 Å². The van der Waals surface area contributed by atoms with Crippen LogP contribution in [-0.2, 0) is 0 Å². The van der Waals surface area contributed by atoms with Crippen LogP contribution in [0, 0.1) is 11.3 Å². The van der Waals surface area contributed by atoms with Gasteiger partial charge in [0, 0.05) is 0 Å². The molecule has 0 aromatic heterocycles. The number of nitrogens with one attached hydrogen (secondary N) is 1. The van der Waals surface area contributed by atoms with E-state index in [-0.39, 0.29) is 0 Å². The van der Waals surface area contributed by atoms with Crippen molar-refractivity contribution in [1.29, 1.82) is 0 Å². The van der Waals surface area contributed by atoms with E-state index in [2.05, 4.69) is 42.6 Å². The summed E-state index contributed by atoms with van der Waals surface area (Å²) >= 11 is 0. The molecule has 0 radical (unpaired) electrons. The van der Waals surface area contributed by atoms with E-state index >= 15 is 0 Å². The van der Waals surface area contributed by atoms with Crippen LogP contribution < -0.4 is 5.32 Å². The van der Waals surface area contributed by atoms with Crippen molar-refractivity contribution in [2.75, 3.05) is 13.1 Å². The zero-order chi connectivity index (χ0) is 12.4. The van der Waals surface area contributed by atoms with Crippen molar-refractivity contribution >= 4 is 0 Å². The standard InChI is InChI=1S/C17H25N/c1-14-13-18-12-11-17(14)9-7-16(8-10-17)15-5-3-2-4-6-15/h2-6,14,16,18H,7-13H2,1H3. The first kappa shape index (κ1) is 12.2. The number of hydrogen-bond acceptors (Lipinski definition) is 1. The SMILES string of the molecule is CC1CNCCC12CCC(c1ccccc1)CC2. The quantitative estimate of drug-likeness (QED) is 0.787. The maximum Gasteiger partial charge on any atom is -0.00178 e. The van der Waals surface area contributed by atoms with E-state index in [0.29, 0.717) is 5.41 Å². The molecule has 1 aliphatic heterocycles. The normalized spacial score (nSPS) is 36.7. The van der Waals surface area contributed by atoms with Gasteiger partial charge < -0.3 is 5.32 Å². The molecule has 98 valence electrons. The molecule has 1 nitrogen and oxygen atoms in total. The molecule has 2 aliphatic rings. The van der Waals surface area contributed by atoms with E-state index in [4.69, 9.17) is 0 Å². The van der Waals surface area contributed by atoms with Gasteiger partial charge in [0.2, 0.25) is 0 Å². The Morgan fingerprint density at radius 2 is 1.78 bits per heavy atom. The molecule has 1 atom stereocenters. The van der Waals surface area contributed by atoms with E-state index < -0.39 is 0 Å². The minimum Gasteiger partial charge on any atom is -0.316 e. The highest BCUT2D eigenvalue weighted by Gasteiger charge is 2.41. The smallest absolute Gasteiger partial charge is 0.00178 e. The first-order valence-corrected chi connectivity index (χ1v) is 7.56. The Labute approximate surface area is 111 Å². The van der Waals surface area contributed by atoms with Crippen LogP contribution in [-0.4, -0.2) is 13.1 Å². The lowest BCUT2D eigenvalue weighted by molar-refractivity contribution is 0.0629. The molecule has 1 spiro atoms. The summed E-state index contributed by atoms with van der Waals surface area (Å²) in [5, 5.41) is 3.55. The van der Waals surface area contributed by atoms with Crippen molar-refractivity contribution in [2.45, 2.75) is 44.9 Å². The van der Waals surface area contributed by atoms with Gasteiger partial charge in [-0.15, -0.1) is 0 Å². The highest BCUT2D eigenvalue weighted by molar-refractivity contribution is 5.20. The third-order valence-electron chi connectivity index (χ3n) is 5.55. The van der Waals surface area contributed by atoms with Gasteiger partial charge in [0.15, 0.2) is 0 Å². The summed E-state index contributed by atoms with van der Waals surface area (Å²) in [5.41, 5.74) is 2.23. The Hall–Kier alpha value is -0.820. The van der Waals surface area contributed by atoms with Gasteiger partial charge >= 0.3 is 0 Å². The summed E-state index contributed by atoms with van der Waals surface area (Å²) in [6, 6.07) is 11.1. The fraction of sp³-hybridized carbons (Fsp3) is 0.647. The van der Waals surface area contributed by atoms with Crippen molar-refractivity contribution in [2.24, 2.45) is 11.3 Å². The van der Waals surface area contributed by atoms with Gasteiger partial charge in [-0.25, -0.2) is 0 Å². The number of hydrogen-bond donors (Lipinski definition) is 1. The molecule has 1 aliphatic carbocycles. The molecule has 0 bridgehead atoms. The molecule has 1 saturated heterocycles. The first-order valence-electron chi connectivity index (χ1n) is 7.56. The second-order valence-electron chi connectivity index (χ2n) is 6.40. The molecule has 1 saturated carbocycles. The lowest BCUT2D eigenvalue weighted by atomic mass is 9.60. The molecule has 1 N–H and O–H groups in total. The van der Waals surface area contributed by atoms with Crippen LogP contribution in [0.5, 0.6) is 0 Å². The average Bonchev–Trinajstić information content (AvgIpc) is 2.44. The number of benzene rings is 1. The van der Waals surface area contributed by atoms with E-state index in [1.807, 2.05) is 0 Å². The van der Waals surface area contributed by atoms with Crippen molar-refractivity contribution in [1.82, 2.24) is 5.32 Å². The molecule has 1 heteroatoms. The molecule has 1 unspecified atom stereocenters. The summed E-state index contributed by atoms with van der Waals surface area (Å²) in [5.74, 6) is 1.68. The fourth-order valence-electron chi connectivity index (χ4n) is 4.11. The average molecular weight is 243 g/mol. The number of piperidine rings is 1. The second kappa shape index (κ2) is 5.05. The van der Waals surface area contributed by atoms with E-state index in [0.717, 1.165) is 11.8 Å². The van der Waals surface area contributed by atoms with Crippen LogP contribution in [0.1, 0.15) is 50.5 Å². The van der Waals surface area contributed by atoms with Crippen LogP contribution in [0.4, 0.5) is 0 Å². The summed E-state index contributed by atoms with van der Waals surface area (Å²) in [6.45, 7) is 4.92. The van der Waals surface area contributed by atoms with Gasteiger partial charge in [-0.2, -0.15) is 0 Å². The van der Waals surface area contributed by atoms with Crippen LogP contribution >= 0.6 is 0 Å². The minimum absolute atomic E-state index is 0.663. The van der Waals surface area contributed by atoms with Crippen molar-refractivity contribution in [3.8, 4) is 0 Å². The van der Waals surface area contributed by atoms with Crippen molar-refractivity contribution in [3.63, 3.8) is 0 Å². The van der Waals surface area contributed by atoms with E-state index in [1.54, 1.807) is 5.56 Å². The lowest BCUT2D eigenvalue weighted by Gasteiger charge is -2.47. The summed E-state index contributed by atoms with van der Waals surface area (Å²) in [6.07, 6.45) is 7.07. The molecule has 2 fully saturated rings. The lowest BCUT2D eigenvalue weighted by Crippen LogP contribution is -2.45. The third kappa shape index (κ3) is 2.21. The fourth-order valence-corrected chi connectivity index (χ4v) is 4.11. The Balaban J connectivity index is 1.67. The molecule has 0 amide bonds. The van der Waals surface area contributed by atoms with Crippen LogP contribution in [0.15, 0.2) is 30.3 Å². The monoisotopic (exact) mass is 243 g/mol. The van der Waals surface area contributed by atoms with Gasteiger partial charge in [0.05, 0.1) is 0 Å². The summed E-state index contributed by atoms with van der Waals surface area (Å²) in [7, 11) is 0.